The third-order valence-corrected chi connectivity index (χ3v) is 14.6. The van der Waals surface area contributed by atoms with Crippen LogP contribution >= 0.6 is 0 Å². The van der Waals surface area contributed by atoms with E-state index in [-0.39, 0.29) is 0 Å². The first-order chi connectivity index (χ1) is 9.45. The summed E-state index contributed by atoms with van der Waals surface area (Å²) in [5.74, 6) is 0. The van der Waals surface area contributed by atoms with Crippen LogP contribution in [0.3, 0.4) is 0 Å². The van der Waals surface area contributed by atoms with Gasteiger partial charge in [0.25, 0.3) is 0 Å². The molecule has 1 rings (SSSR count). The van der Waals surface area contributed by atoms with E-state index in [1.54, 1.807) is 0 Å². The molecule has 0 bridgehead atoms. The van der Waals surface area contributed by atoms with E-state index in [1.807, 2.05) is 10.4 Å². The van der Waals surface area contributed by atoms with Crippen molar-refractivity contribution in [2.45, 2.75) is 89.6 Å². The molecule has 1 aliphatic carbocycles. The van der Waals surface area contributed by atoms with Gasteiger partial charge >= 0.3 is 0 Å². The third kappa shape index (κ3) is 4.68. The summed E-state index contributed by atoms with van der Waals surface area (Å²) in [6, 6.07) is 0. The van der Waals surface area contributed by atoms with E-state index in [0.29, 0.717) is 0 Å². The zero-order valence-electron chi connectivity index (χ0n) is 17.3. The van der Waals surface area contributed by atoms with Crippen LogP contribution in [0.5, 0.6) is 0 Å². The standard InChI is InChI=1S/C18H40Si4/c1-19(2,3)15-13-17(21(7,8)9)18(22(10,11)12)14-16(15)20(4,5)6/h13-15,18H,1-12H3. The Morgan fingerprint density at radius 1 is 0.500 bits per heavy atom. The molecule has 1 aliphatic rings. The Morgan fingerprint density at radius 2 is 0.727 bits per heavy atom. The molecule has 0 heterocycles. The zero-order valence-corrected chi connectivity index (χ0v) is 21.3. The second-order valence-electron chi connectivity index (χ2n) is 11.4. The number of allylic oxidation sites excluding steroid dienone is 4. The smallest absolute Gasteiger partial charge is 0.0724 e. The zero-order chi connectivity index (χ0) is 17.7. The summed E-state index contributed by atoms with van der Waals surface area (Å²) in [4.78, 5) is 0. The Labute approximate surface area is 144 Å². The van der Waals surface area contributed by atoms with Gasteiger partial charge in [0.1, 0.15) is 0 Å². The van der Waals surface area contributed by atoms with E-state index in [9.17, 15) is 0 Å². The third-order valence-electron chi connectivity index (χ3n) is 4.96. The molecule has 0 aromatic heterocycles. The highest BCUT2D eigenvalue weighted by atomic mass is 28.3. The monoisotopic (exact) mass is 368 g/mol. The number of hydrogen-bond acceptors (Lipinski definition) is 0. The number of hydrogen-bond donors (Lipinski definition) is 0. The second kappa shape index (κ2) is 6.01. The fourth-order valence-corrected chi connectivity index (χ4v) is 15.9. The average molecular weight is 369 g/mol. The van der Waals surface area contributed by atoms with E-state index in [2.05, 4.69) is 90.7 Å². The molecule has 0 saturated heterocycles. The van der Waals surface area contributed by atoms with Crippen molar-refractivity contribution in [2.75, 3.05) is 0 Å². The van der Waals surface area contributed by atoms with Crippen molar-refractivity contribution >= 4 is 32.3 Å². The molecular formula is C18H40Si4. The maximum Gasteiger partial charge on any atom is 0.0724 e. The molecule has 0 N–H and O–H groups in total. The minimum Gasteiger partial charge on any atom is -0.0848 e. The summed E-state index contributed by atoms with van der Waals surface area (Å²) < 4.78 is 0. The van der Waals surface area contributed by atoms with Gasteiger partial charge in [-0.2, -0.15) is 0 Å². The summed E-state index contributed by atoms with van der Waals surface area (Å²) in [7, 11) is -4.92. The predicted octanol–water partition coefficient (Wildman–Crippen LogP) is 7.02. The molecule has 22 heavy (non-hydrogen) atoms. The Balaban J connectivity index is 3.57. The first-order valence-electron chi connectivity index (χ1n) is 8.90. The molecule has 0 aromatic carbocycles. The second-order valence-corrected chi connectivity index (χ2v) is 32.3. The van der Waals surface area contributed by atoms with Crippen LogP contribution in [0.15, 0.2) is 22.5 Å². The van der Waals surface area contributed by atoms with E-state index in [1.165, 1.54) is 0 Å². The van der Waals surface area contributed by atoms with Gasteiger partial charge < -0.3 is 0 Å². The highest BCUT2D eigenvalue weighted by Gasteiger charge is 2.43. The SMILES string of the molecule is C[Si](C)(C)C1=CC([Si](C)(C)C)C([Si](C)(C)C)=CC1[Si](C)(C)C. The van der Waals surface area contributed by atoms with Gasteiger partial charge in [-0.15, -0.1) is 0 Å². The lowest BCUT2D eigenvalue weighted by atomic mass is 10.2. The summed E-state index contributed by atoms with van der Waals surface area (Å²) in [6.45, 7) is 30.7. The molecule has 0 aromatic rings. The Morgan fingerprint density at radius 3 is 0.864 bits per heavy atom. The molecule has 0 radical (unpaired) electrons. The minimum atomic E-state index is -1.25. The molecule has 2 atom stereocenters. The van der Waals surface area contributed by atoms with Gasteiger partial charge in [-0.05, 0) is 11.1 Å². The van der Waals surface area contributed by atoms with Crippen LogP contribution in [-0.2, 0) is 0 Å². The fourth-order valence-electron chi connectivity index (χ4n) is 3.61. The lowest BCUT2D eigenvalue weighted by Gasteiger charge is -2.45. The van der Waals surface area contributed by atoms with Gasteiger partial charge in [-0.1, -0.05) is 101 Å². The molecule has 0 saturated carbocycles. The predicted molar refractivity (Wildman–Crippen MR) is 117 cm³/mol. The van der Waals surface area contributed by atoms with Crippen LogP contribution in [0.25, 0.3) is 0 Å². The van der Waals surface area contributed by atoms with E-state index < -0.39 is 32.3 Å². The van der Waals surface area contributed by atoms with Crippen LogP contribution in [0, 0.1) is 0 Å². The Kier molecular flexibility index (Phi) is 5.57. The van der Waals surface area contributed by atoms with Crippen molar-refractivity contribution < 1.29 is 0 Å². The first kappa shape index (κ1) is 20.4. The van der Waals surface area contributed by atoms with Crippen molar-refractivity contribution in [3.8, 4) is 0 Å². The first-order valence-corrected chi connectivity index (χ1v) is 23.1. The molecule has 0 amide bonds. The molecule has 0 fully saturated rings. The lowest BCUT2D eigenvalue weighted by Crippen LogP contribution is -2.44. The van der Waals surface area contributed by atoms with Gasteiger partial charge in [-0.3, -0.25) is 0 Å². The lowest BCUT2D eigenvalue weighted by molar-refractivity contribution is 1.06. The van der Waals surface area contributed by atoms with Crippen LogP contribution in [0.4, 0.5) is 0 Å². The summed E-state index contributed by atoms with van der Waals surface area (Å²) in [5.41, 5.74) is 1.57. The van der Waals surface area contributed by atoms with Crippen LogP contribution in [-0.4, -0.2) is 32.3 Å². The Bertz CT molecular complexity index is 427. The average Bonchev–Trinajstić information content (AvgIpc) is 2.22. The van der Waals surface area contributed by atoms with Gasteiger partial charge in [-0.25, -0.2) is 0 Å². The van der Waals surface area contributed by atoms with E-state index in [4.69, 9.17) is 0 Å². The fraction of sp³-hybridized carbons (Fsp3) is 0.778. The van der Waals surface area contributed by atoms with E-state index >= 15 is 0 Å². The van der Waals surface area contributed by atoms with Gasteiger partial charge in [0.05, 0.1) is 32.3 Å². The maximum absolute atomic E-state index is 2.81. The highest BCUT2D eigenvalue weighted by molar-refractivity contribution is 6.91. The normalized spacial score (nSPS) is 24.9. The largest absolute Gasteiger partial charge is 0.0848 e. The summed E-state index contributed by atoms with van der Waals surface area (Å²) in [6.07, 6.45) is 5.63. The van der Waals surface area contributed by atoms with Crippen molar-refractivity contribution in [1.82, 2.24) is 0 Å². The maximum atomic E-state index is 2.81. The molecule has 0 nitrogen and oxygen atoms in total. The minimum absolute atomic E-state index is 0.786. The summed E-state index contributed by atoms with van der Waals surface area (Å²) >= 11 is 0. The van der Waals surface area contributed by atoms with Crippen molar-refractivity contribution in [2.24, 2.45) is 0 Å². The van der Waals surface area contributed by atoms with E-state index in [0.717, 1.165) is 11.1 Å². The van der Waals surface area contributed by atoms with Crippen molar-refractivity contribution in [3.63, 3.8) is 0 Å². The summed E-state index contributed by atoms with van der Waals surface area (Å²) in [5, 5.41) is 3.75. The Hall–Kier alpha value is 0.348. The van der Waals surface area contributed by atoms with Crippen molar-refractivity contribution in [1.29, 1.82) is 0 Å². The highest BCUT2D eigenvalue weighted by Crippen LogP contribution is 2.49. The molecular weight excluding hydrogens is 329 g/mol. The van der Waals surface area contributed by atoms with Gasteiger partial charge in [0, 0.05) is 0 Å². The van der Waals surface area contributed by atoms with Crippen molar-refractivity contribution in [3.05, 3.63) is 22.5 Å². The molecule has 2 unspecified atom stereocenters. The molecule has 128 valence electrons. The van der Waals surface area contributed by atoms with Gasteiger partial charge in [0.15, 0.2) is 0 Å². The molecule has 0 spiro atoms. The molecule has 0 aliphatic heterocycles. The topological polar surface area (TPSA) is 0 Å². The quantitative estimate of drug-likeness (QED) is 0.467. The molecule has 4 heteroatoms. The van der Waals surface area contributed by atoms with Crippen LogP contribution < -0.4 is 0 Å². The van der Waals surface area contributed by atoms with Crippen LogP contribution in [0.1, 0.15) is 0 Å². The van der Waals surface area contributed by atoms with Crippen LogP contribution in [0.2, 0.25) is 89.6 Å². The number of rotatable bonds is 4. The van der Waals surface area contributed by atoms with Gasteiger partial charge in [0.2, 0.25) is 0 Å².